The standard InChI is InChI=1S/C9H14N2OS/c10-11-9(7-3-5-13-6-7)8-2-1-4-12-8/h1-2,4,7,9,11H,3,5-6,10H2. The summed E-state index contributed by atoms with van der Waals surface area (Å²) in [4.78, 5) is 0. The molecular weight excluding hydrogens is 184 g/mol. The summed E-state index contributed by atoms with van der Waals surface area (Å²) in [6, 6.07) is 4.07. The van der Waals surface area contributed by atoms with E-state index in [1.807, 2.05) is 23.9 Å². The largest absolute Gasteiger partial charge is 0.468 e. The molecule has 1 aliphatic heterocycles. The maximum atomic E-state index is 5.52. The van der Waals surface area contributed by atoms with Crippen molar-refractivity contribution in [2.75, 3.05) is 11.5 Å². The smallest absolute Gasteiger partial charge is 0.122 e. The zero-order chi connectivity index (χ0) is 9.10. The Hall–Kier alpha value is -0.450. The summed E-state index contributed by atoms with van der Waals surface area (Å²) >= 11 is 1.99. The molecule has 3 nitrogen and oxygen atoms in total. The second-order valence-electron chi connectivity index (χ2n) is 3.28. The molecule has 1 fully saturated rings. The van der Waals surface area contributed by atoms with Gasteiger partial charge in [-0.15, -0.1) is 0 Å². The summed E-state index contributed by atoms with van der Waals surface area (Å²) in [6.07, 6.45) is 2.92. The SMILES string of the molecule is NNC(c1ccco1)C1CCSC1. The first kappa shape index (κ1) is 9.12. The molecular formula is C9H14N2OS. The first-order valence-electron chi connectivity index (χ1n) is 4.49. The second kappa shape index (κ2) is 4.17. The van der Waals surface area contributed by atoms with E-state index >= 15 is 0 Å². The van der Waals surface area contributed by atoms with Crippen molar-refractivity contribution in [1.82, 2.24) is 5.43 Å². The molecule has 3 N–H and O–H groups in total. The van der Waals surface area contributed by atoms with Gasteiger partial charge in [0, 0.05) is 0 Å². The minimum atomic E-state index is 0.185. The van der Waals surface area contributed by atoms with E-state index in [9.17, 15) is 0 Å². The highest BCUT2D eigenvalue weighted by Crippen LogP contribution is 2.33. The average molecular weight is 198 g/mol. The van der Waals surface area contributed by atoms with Gasteiger partial charge in [-0.3, -0.25) is 5.84 Å². The topological polar surface area (TPSA) is 51.2 Å². The molecule has 13 heavy (non-hydrogen) atoms. The molecule has 0 aromatic carbocycles. The lowest BCUT2D eigenvalue weighted by molar-refractivity contribution is 0.334. The summed E-state index contributed by atoms with van der Waals surface area (Å²) in [7, 11) is 0. The number of nitrogens with one attached hydrogen (secondary N) is 1. The number of furan rings is 1. The van der Waals surface area contributed by atoms with E-state index in [-0.39, 0.29) is 6.04 Å². The fourth-order valence-corrected chi connectivity index (χ4v) is 3.03. The van der Waals surface area contributed by atoms with Gasteiger partial charge in [0.2, 0.25) is 0 Å². The molecule has 2 atom stereocenters. The molecule has 1 aromatic rings. The highest BCUT2D eigenvalue weighted by atomic mass is 32.2. The molecule has 2 rings (SSSR count). The summed E-state index contributed by atoms with van der Waals surface area (Å²) in [5.41, 5.74) is 2.84. The van der Waals surface area contributed by atoms with Gasteiger partial charge >= 0.3 is 0 Å². The number of thioether (sulfide) groups is 1. The molecule has 1 aromatic heterocycles. The highest BCUT2D eigenvalue weighted by Gasteiger charge is 2.27. The third-order valence-corrected chi connectivity index (χ3v) is 3.65. The van der Waals surface area contributed by atoms with Crippen LogP contribution in [-0.4, -0.2) is 11.5 Å². The van der Waals surface area contributed by atoms with Crippen LogP contribution in [0.3, 0.4) is 0 Å². The van der Waals surface area contributed by atoms with Crippen LogP contribution in [0.15, 0.2) is 22.8 Å². The van der Waals surface area contributed by atoms with Gasteiger partial charge in [-0.25, -0.2) is 5.43 Å². The molecule has 72 valence electrons. The van der Waals surface area contributed by atoms with E-state index in [0.29, 0.717) is 5.92 Å². The maximum Gasteiger partial charge on any atom is 0.122 e. The minimum Gasteiger partial charge on any atom is -0.468 e. The van der Waals surface area contributed by atoms with Crippen LogP contribution in [0.5, 0.6) is 0 Å². The van der Waals surface area contributed by atoms with Crippen molar-refractivity contribution in [3.8, 4) is 0 Å². The second-order valence-corrected chi connectivity index (χ2v) is 4.43. The lowest BCUT2D eigenvalue weighted by Gasteiger charge is -2.19. The van der Waals surface area contributed by atoms with Crippen molar-refractivity contribution in [2.24, 2.45) is 11.8 Å². The van der Waals surface area contributed by atoms with Gasteiger partial charge in [-0.05, 0) is 36.0 Å². The maximum absolute atomic E-state index is 5.52. The molecule has 1 aliphatic rings. The first-order chi connectivity index (χ1) is 6.42. The highest BCUT2D eigenvalue weighted by molar-refractivity contribution is 7.99. The van der Waals surface area contributed by atoms with Crippen LogP contribution in [0.25, 0.3) is 0 Å². The molecule has 2 heterocycles. The summed E-state index contributed by atoms with van der Waals surface area (Å²) in [6.45, 7) is 0. The summed E-state index contributed by atoms with van der Waals surface area (Å²) in [5, 5.41) is 0. The number of hydrazine groups is 1. The first-order valence-corrected chi connectivity index (χ1v) is 5.64. The van der Waals surface area contributed by atoms with E-state index in [1.165, 1.54) is 17.9 Å². The van der Waals surface area contributed by atoms with E-state index < -0.39 is 0 Å². The Kier molecular flexibility index (Phi) is 2.93. The molecule has 0 aliphatic carbocycles. The summed E-state index contributed by atoms with van der Waals surface area (Å²) in [5.74, 6) is 9.51. The molecule has 0 saturated carbocycles. The van der Waals surface area contributed by atoms with Crippen molar-refractivity contribution in [3.63, 3.8) is 0 Å². The van der Waals surface area contributed by atoms with Crippen LogP contribution in [-0.2, 0) is 0 Å². The Morgan fingerprint density at radius 2 is 2.62 bits per heavy atom. The zero-order valence-electron chi connectivity index (χ0n) is 7.40. The van der Waals surface area contributed by atoms with E-state index in [1.54, 1.807) is 6.26 Å². The Bertz CT molecular complexity index is 244. The van der Waals surface area contributed by atoms with Crippen LogP contribution in [0.2, 0.25) is 0 Å². The normalized spacial score (nSPS) is 24.8. The molecule has 4 heteroatoms. The number of rotatable bonds is 3. The van der Waals surface area contributed by atoms with Gasteiger partial charge in [0.05, 0.1) is 12.3 Å². The monoisotopic (exact) mass is 198 g/mol. The van der Waals surface area contributed by atoms with E-state index in [2.05, 4.69) is 5.43 Å². The van der Waals surface area contributed by atoms with Gasteiger partial charge in [0.1, 0.15) is 5.76 Å². The minimum absolute atomic E-state index is 0.185. The zero-order valence-corrected chi connectivity index (χ0v) is 8.22. The van der Waals surface area contributed by atoms with E-state index in [0.717, 1.165) is 5.76 Å². The third kappa shape index (κ3) is 1.90. The van der Waals surface area contributed by atoms with Gasteiger partial charge in [0.25, 0.3) is 0 Å². The quantitative estimate of drug-likeness (QED) is 0.571. The van der Waals surface area contributed by atoms with Crippen LogP contribution in [0, 0.1) is 5.92 Å². The van der Waals surface area contributed by atoms with Crippen molar-refractivity contribution < 1.29 is 4.42 Å². The Balaban J connectivity index is 2.08. The number of hydrogen-bond donors (Lipinski definition) is 2. The lowest BCUT2D eigenvalue weighted by Crippen LogP contribution is -2.33. The van der Waals surface area contributed by atoms with Gasteiger partial charge in [-0.1, -0.05) is 0 Å². The molecule has 0 bridgehead atoms. The van der Waals surface area contributed by atoms with E-state index in [4.69, 9.17) is 10.3 Å². The van der Waals surface area contributed by atoms with Crippen molar-refractivity contribution in [2.45, 2.75) is 12.5 Å². The fraction of sp³-hybridized carbons (Fsp3) is 0.556. The number of hydrogen-bond acceptors (Lipinski definition) is 4. The van der Waals surface area contributed by atoms with Crippen LogP contribution >= 0.6 is 11.8 Å². The fourth-order valence-electron chi connectivity index (χ4n) is 1.73. The van der Waals surface area contributed by atoms with Gasteiger partial charge in [-0.2, -0.15) is 11.8 Å². The van der Waals surface area contributed by atoms with Crippen molar-refractivity contribution in [3.05, 3.63) is 24.2 Å². The number of nitrogens with two attached hydrogens (primary N) is 1. The lowest BCUT2D eigenvalue weighted by atomic mass is 9.98. The molecule has 1 saturated heterocycles. The third-order valence-electron chi connectivity index (χ3n) is 2.47. The average Bonchev–Trinajstić information content (AvgIpc) is 2.76. The van der Waals surface area contributed by atoms with Crippen LogP contribution in [0.1, 0.15) is 18.2 Å². The van der Waals surface area contributed by atoms with Crippen molar-refractivity contribution >= 4 is 11.8 Å². The predicted molar refractivity (Wildman–Crippen MR) is 54.2 cm³/mol. The molecule has 0 amide bonds. The molecule has 0 radical (unpaired) electrons. The molecule has 0 spiro atoms. The van der Waals surface area contributed by atoms with Crippen molar-refractivity contribution in [1.29, 1.82) is 0 Å². The van der Waals surface area contributed by atoms with Gasteiger partial charge in [0.15, 0.2) is 0 Å². The summed E-state index contributed by atoms with van der Waals surface area (Å²) < 4.78 is 5.35. The van der Waals surface area contributed by atoms with Gasteiger partial charge < -0.3 is 4.42 Å². The Morgan fingerprint density at radius 3 is 3.15 bits per heavy atom. The molecule has 2 unspecified atom stereocenters. The Labute approximate surface area is 82.0 Å². The van der Waals surface area contributed by atoms with Crippen LogP contribution in [0.4, 0.5) is 0 Å². The van der Waals surface area contributed by atoms with Crippen LogP contribution < -0.4 is 11.3 Å². The predicted octanol–water partition coefficient (Wildman–Crippen LogP) is 1.54. The Morgan fingerprint density at radius 1 is 1.69 bits per heavy atom.